The summed E-state index contributed by atoms with van der Waals surface area (Å²) in [4.78, 5) is 10.8. The Morgan fingerprint density at radius 3 is 2.62 bits per heavy atom. The first-order chi connectivity index (χ1) is 10.2. The van der Waals surface area contributed by atoms with Gasteiger partial charge in [-0.05, 0) is 48.1 Å². The zero-order valence-electron chi connectivity index (χ0n) is 12.0. The quantitative estimate of drug-likeness (QED) is 0.838. The van der Waals surface area contributed by atoms with Gasteiger partial charge in [0.05, 0.1) is 6.04 Å². The highest BCUT2D eigenvalue weighted by Gasteiger charge is 2.27. The predicted molar refractivity (Wildman–Crippen MR) is 85.6 cm³/mol. The minimum Gasteiger partial charge on any atom is -0.352 e. The van der Waals surface area contributed by atoms with Gasteiger partial charge >= 0.3 is 0 Å². The van der Waals surface area contributed by atoms with E-state index in [4.69, 9.17) is 11.6 Å². The maximum atomic E-state index is 10.8. The molecule has 0 unspecified atom stereocenters. The Morgan fingerprint density at radius 1 is 1.14 bits per heavy atom. The average Bonchev–Trinajstić information content (AvgIpc) is 2.51. The summed E-state index contributed by atoms with van der Waals surface area (Å²) in [5.74, 6) is 0.377. The molecule has 0 radical (unpaired) electrons. The fourth-order valence-electron chi connectivity index (χ4n) is 3.28. The summed E-state index contributed by atoms with van der Waals surface area (Å²) in [6, 6.07) is 14.8. The molecule has 2 atom stereocenters. The van der Waals surface area contributed by atoms with Crippen LogP contribution < -0.4 is 5.32 Å². The van der Waals surface area contributed by atoms with E-state index < -0.39 is 0 Å². The Kier molecular flexibility index (Phi) is 3.98. The first-order valence-electron chi connectivity index (χ1n) is 7.25. The normalized spacial score (nSPS) is 20.7. The molecule has 1 amide bonds. The number of benzene rings is 2. The molecule has 0 heterocycles. The first kappa shape index (κ1) is 14.2. The third-order valence-electron chi connectivity index (χ3n) is 4.34. The molecular formula is C18H18ClNO. The van der Waals surface area contributed by atoms with Crippen molar-refractivity contribution in [2.75, 3.05) is 0 Å². The maximum Gasteiger partial charge on any atom is 0.207 e. The molecule has 21 heavy (non-hydrogen) atoms. The van der Waals surface area contributed by atoms with Crippen molar-refractivity contribution in [1.29, 1.82) is 0 Å². The van der Waals surface area contributed by atoms with Gasteiger partial charge in [-0.3, -0.25) is 4.79 Å². The molecule has 0 fully saturated rings. The van der Waals surface area contributed by atoms with Crippen molar-refractivity contribution in [3.05, 3.63) is 69.7 Å². The fraction of sp³-hybridized carbons (Fsp3) is 0.278. The van der Waals surface area contributed by atoms with Crippen LogP contribution in [0.3, 0.4) is 0 Å². The van der Waals surface area contributed by atoms with Crippen LogP contribution >= 0.6 is 11.6 Å². The summed E-state index contributed by atoms with van der Waals surface area (Å²) in [5.41, 5.74) is 4.95. The molecule has 0 aromatic heterocycles. The number of rotatable bonds is 3. The molecule has 2 aromatic carbocycles. The van der Waals surface area contributed by atoms with E-state index in [9.17, 15) is 4.79 Å². The molecule has 2 nitrogen and oxygen atoms in total. The second kappa shape index (κ2) is 5.90. The topological polar surface area (TPSA) is 29.1 Å². The highest BCUT2D eigenvalue weighted by Crippen LogP contribution is 2.41. The lowest BCUT2D eigenvalue weighted by molar-refractivity contribution is -0.110. The Hall–Kier alpha value is -1.80. The number of hydrogen-bond acceptors (Lipinski definition) is 1. The van der Waals surface area contributed by atoms with Crippen LogP contribution in [0.25, 0.3) is 0 Å². The molecule has 1 N–H and O–H groups in total. The third-order valence-corrected chi connectivity index (χ3v) is 4.77. The molecule has 2 aromatic rings. The van der Waals surface area contributed by atoms with Crippen molar-refractivity contribution in [2.24, 2.45) is 0 Å². The Bertz CT molecular complexity index is 668. The molecule has 0 saturated carbocycles. The van der Waals surface area contributed by atoms with Gasteiger partial charge in [-0.2, -0.15) is 0 Å². The predicted octanol–water partition coefficient (Wildman–Crippen LogP) is 4.36. The van der Waals surface area contributed by atoms with Crippen molar-refractivity contribution < 1.29 is 4.79 Å². The average molecular weight is 300 g/mol. The lowest BCUT2D eigenvalue weighted by atomic mass is 9.76. The van der Waals surface area contributed by atoms with Gasteiger partial charge in [-0.25, -0.2) is 0 Å². The largest absolute Gasteiger partial charge is 0.352 e. The Morgan fingerprint density at radius 2 is 1.90 bits per heavy atom. The molecule has 3 rings (SSSR count). The zero-order chi connectivity index (χ0) is 14.8. The van der Waals surface area contributed by atoms with E-state index in [1.807, 2.05) is 19.1 Å². The van der Waals surface area contributed by atoms with Crippen LogP contribution in [-0.2, 0) is 4.79 Å². The number of fused-ring (bicyclic) bond motifs is 1. The van der Waals surface area contributed by atoms with E-state index in [0.29, 0.717) is 5.92 Å². The van der Waals surface area contributed by atoms with Crippen LogP contribution in [-0.4, -0.2) is 6.41 Å². The minimum atomic E-state index is 0.128. The van der Waals surface area contributed by atoms with Gasteiger partial charge in [-0.15, -0.1) is 0 Å². The minimum absolute atomic E-state index is 0.128. The van der Waals surface area contributed by atoms with Gasteiger partial charge in [0.2, 0.25) is 6.41 Å². The molecular weight excluding hydrogens is 282 g/mol. The number of carbonyl (C=O) groups is 1. The number of carbonyl (C=O) groups excluding carboxylic acids is 1. The summed E-state index contributed by atoms with van der Waals surface area (Å²) < 4.78 is 0. The molecule has 3 heteroatoms. The maximum absolute atomic E-state index is 10.8. The van der Waals surface area contributed by atoms with Crippen LogP contribution in [0.1, 0.15) is 47.1 Å². The van der Waals surface area contributed by atoms with Crippen molar-refractivity contribution in [1.82, 2.24) is 5.32 Å². The van der Waals surface area contributed by atoms with Crippen molar-refractivity contribution in [2.45, 2.75) is 31.7 Å². The molecule has 0 saturated heterocycles. The van der Waals surface area contributed by atoms with Gasteiger partial charge in [0.15, 0.2) is 0 Å². The number of nitrogens with one attached hydrogen (secondary N) is 1. The van der Waals surface area contributed by atoms with Crippen molar-refractivity contribution >= 4 is 18.0 Å². The highest BCUT2D eigenvalue weighted by molar-refractivity contribution is 6.31. The van der Waals surface area contributed by atoms with Crippen LogP contribution in [0.15, 0.2) is 42.5 Å². The molecule has 1 aliphatic rings. The zero-order valence-corrected chi connectivity index (χ0v) is 12.7. The first-order valence-corrected chi connectivity index (χ1v) is 7.63. The summed E-state index contributed by atoms with van der Waals surface area (Å²) in [5, 5.41) is 3.74. The van der Waals surface area contributed by atoms with E-state index in [-0.39, 0.29) is 6.04 Å². The molecule has 108 valence electrons. The second-order valence-corrected chi connectivity index (χ2v) is 6.01. The van der Waals surface area contributed by atoms with Gasteiger partial charge in [-0.1, -0.05) is 48.0 Å². The SMILES string of the molecule is Cc1cc([C@@H]2CC[C@H](NC=O)c3ccccc32)ccc1Cl. The lowest BCUT2D eigenvalue weighted by Gasteiger charge is -2.31. The van der Waals surface area contributed by atoms with Crippen LogP contribution in [0.5, 0.6) is 0 Å². The Labute approximate surface area is 130 Å². The summed E-state index contributed by atoms with van der Waals surface area (Å²) in [6.45, 7) is 2.04. The number of aryl methyl sites for hydroxylation is 1. The van der Waals surface area contributed by atoms with E-state index in [1.54, 1.807) is 0 Å². The number of hydrogen-bond donors (Lipinski definition) is 1. The van der Waals surface area contributed by atoms with Gasteiger partial charge in [0, 0.05) is 10.9 Å². The van der Waals surface area contributed by atoms with Crippen molar-refractivity contribution in [3.63, 3.8) is 0 Å². The molecule has 0 spiro atoms. The molecule has 0 bridgehead atoms. The van der Waals surface area contributed by atoms with Crippen LogP contribution in [0.4, 0.5) is 0 Å². The summed E-state index contributed by atoms with van der Waals surface area (Å²) in [7, 11) is 0. The standard InChI is InChI=1S/C18H18ClNO/c1-12-10-13(6-8-17(12)19)14-7-9-18(20-11-21)16-5-3-2-4-15(14)16/h2-6,8,10-11,14,18H,7,9H2,1H3,(H,20,21)/t14-,18-/m0/s1. The van der Waals surface area contributed by atoms with Gasteiger partial charge in [0.25, 0.3) is 0 Å². The summed E-state index contributed by atoms with van der Waals surface area (Å²) >= 11 is 6.14. The fourth-order valence-corrected chi connectivity index (χ4v) is 3.39. The van der Waals surface area contributed by atoms with E-state index >= 15 is 0 Å². The number of amides is 1. The molecule has 1 aliphatic carbocycles. The highest BCUT2D eigenvalue weighted by atomic mass is 35.5. The molecule has 0 aliphatic heterocycles. The monoisotopic (exact) mass is 299 g/mol. The van der Waals surface area contributed by atoms with Gasteiger partial charge in [0.1, 0.15) is 0 Å². The second-order valence-electron chi connectivity index (χ2n) is 5.60. The van der Waals surface area contributed by atoms with E-state index in [1.165, 1.54) is 16.7 Å². The Balaban J connectivity index is 2.02. The van der Waals surface area contributed by atoms with E-state index in [0.717, 1.165) is 29.8 Å². The summed E-state index contributed by atoms with van der Waals surface area (Å²) in [6.07, 6.45) is 2.79. The van der Waals surface area contributed by atoms with Crippen LogP contribution in [0.2, 0.25) is 5.02 Å². The van der Waals surface area contributed by atoms with E-state index in [2.05, 4.69) is 35.6 Å². The van der Waals surface area contributed by atoms with Gasteiger partial charge < -0.3 is 5.32 Å². The smallest absolute Gasteiger partial charge is 0.207 e. The third kappa shape index (κ3) is 2.68. The lowest BCUT2D eigenvalue weighted by Crippen LogP contribution is -2.26. The van der Waals surface area contributed by atoms with Crippen molar-refractivity contribution in [3.8, 4) is 0 Å². The van der Waals surface area contributed by atoms with Crippen LogP contribution in [0, 0.1) is 6.92 Å². The number of halogens is 1.